The minimum atomic E-state index is -0.736. The van der Waals surface area contributed by atoms with Crippen LogP contribution in [-0.4, -0.2) is 32.7 Å². The minimum Gasteiger partial charge on any atom is -0.497 e. The molecule has 0 saturated carbocycles. The molecule has 0 bridgehead atoms. The Morgan fingerprint density at radius 3 is 2.59 bits per heavy atom. The molecule has 0 heterocycles. The molecule has 6 nitrogen and oxygen atoms in total. The molecule has 0 fully saturated rings. The summed E-state index contributed by atoms with van der Waals surface area (Å²) in [7, 11) is 3.02. The Hall–Kier alpha value is -3.06. The van der Waals surface area contributed by atoms with Crippen molar-refractivity contribution in [1.29, 1.82) is 0 Å². The summed E-state index contributed by atoms with van der Waals surface area (Å²) < 4.78 is 28.7. The van der Waals surface area contributed by atoms with Gasteiger partial charge in [0.2, 0.25) is 0 Å². The lowest BCUT2D eigenvalue weighted by Crippen LogP contribution is -2.20. The van der Waals surface area contributed by atoms with Crippen LogP contribution in [0.25, 0.3) is 6.08 Å². The number of amides is 1. The van der Waals surface area contributed by atoms with Gasteiger partial charge in [0.15, 0.2) is 6.61 Å². The summed E-state index contributed by atoms with van der Waals surface area (Å²) in [5.41, 5.74) is 0.571. The van der Waals surface area contributed by atoms with Gasteiger partial charge >= 0.3 is 5.97 Å². The van der Waals surface area contributed by atoms with Crippen LogP contribution >= 0.6 is 11.6 Å². The van der Waals surface area contributed by atoms with Crippen molar-refractivity contribution >= 4 is 35.2 Å². The van der Waals surface area contributed by atoms with Crippen molar-refractivity contribution in [3.63, 3.8) is 0 Å². The van der Waals surface area contributed by atoms with Gasteiger partial charge in [0, 0.05) is 22.7 Å². The number of anilines is 1. The first-order valence-electron chi connectivity index (χ1n) is 7.74. The third-order valence-corrected chi connectivity index (χ3v) is 3.63. The number of methoxy groups -OCH3 is 2. The number of hydrogen-bond donors (Lipinski definition) is 1. The van der Waals surface area contributed by atoms with E-state index in [1.807, 2.05) is 0 Å². The number of carbonyl (C=O) groups excluding carboxylic acids is 2. The van der Waals surface area contributed by atoms with Crippen LogP contribution in [0.1, 0.15) is 5.56 Å². The van der Waals surface area contributed by atoms with Crippen LogP contribution in [-0.2, 0) is 14.3 Å². The topological polar surface area (TPSA) is 73.9 Å². The molecule has 2 aromatic rings. The molecule has 27 heavy (non-hydrogen) atoms. The quantitative estimate of drug-likeness (QED) is 0.573. The fraction of sp³-hybridized carbons (Fsp3) is 0.158. The molecule has 2 rings (SSSR count). The van der Waals surface area contributed by atoms with Crippen molar-refractivity contribution in [2.24, 2.45) is 0 Å². The molecule has 142 valence electrons. The normalized spacial score (nSPS) is 10.5. The molecule has 1 amide bonds. The number of carbonyl (C=O) groups is 2. The zero-order valence-electron chi connectivity index (χ0n) is 14.6. The minimum absolute atomic E-state index is 0.0565. The maximum absolute atomic E-state index is 13.6. The molecule has 0 unspecified atom stereocenters. The van der Waals surface area contributed by atoms with Gasteiger partial charge in [-0.15, -0.1) is 0 Å². The lowest BCUT2D eigenvalue weighted by atomic mass is 10.2. The average Bonchev–Trinajstić information content (AvgIpc) is 2.66. The molecule has 1 N–H and O–H groups in total. The number of ether oxygens (including phenoxy) is 3. The number of halogens is 2. The number of benzene rings is 2. The second-order valence-electron chi connectivity index (χ2n) is 5.22. The summed E-state index contributed by atoms with van der Waals surface area (Å²) >= 11 is 5.63. The predicted molar refractivity (Wildman–Crippen MR) is 99.6 cm³/mol. The number of rotatable bonds is 7. The fourth-order valence-electron chi connectivity index (χ4n) is 2.08. The Bertz CT molecular complexity index is 869. The van der Waals surface area contributed by atoms with E-state index in [0.29, 0.717) is 17.1 Å². The summed E-state index contributed by atoms with van der Waals surface area (Å²) in [6.45, 7) is -0.564. The van der Waals surface area contributed by atoms with Gasteiger partial charge in [-0.05, 0) is 36.4 Å². The highest BCUT2D eigenvalue weighted by atomic mass is 35.5. The Balaban J connectivity index is 1.90. The van der Waals surface area contributed by atoms with E-state index in [1.54, 1.807) is 18.2 Å². The first-order chi connectivity index (χ1) is 12.9. The summed E-state index contributed by atoms with van der Waals surface area (Å²) in [5.74, 6) is -0.986. The molecule has 2 aromatic carbocycles. The van der Waals surface area contributed by atoms with Crippen LogP contribution in [0.4, 0.5) is 10.1 Å². The number of esters is 1. The summed E-state index contributed by atoms with van der Waals surface area (Å²) in [6, 6.07) is 8.89. The van der Waals surface area contributed by atoms with Gasteiger partial charge in [-0.3, -0.25) is 4.79 Å². The molecule has 0 radical (unpaired) electrons. The molecule has 0 aliphatic carbocycles. The molecule has 0 spiro atoms. The highest BCUT2D eigenvalue weighted by Crippen LogP contribution is 2.25. The van der Waals surface area contributed by atoms with E-state index in [1.165, 1.54) is 32.4 Å². The van der Waals surface area contributed by atoms with Crippen molar-refractivity contribution in [3.05, 3.63) is 58.9 Å². The third-order valence-electron chi connectivity index (χ3n) is 3.39. The van der Waals surface area contributed by atoms with E-state index in [9.17, 15) is 14.0 Å². The van der Waals surface area contributed by atoms with Crippen LogP contribution < -0.4 is 14.8 Å². The standard InChI is InChI=1S/C19H17ClFNO5/c1-25-14-6-3-12(17(10-14)26-2)4-8-19(24)27-11-18(23)22-16-7-5-13(20)9-15(16)21/h3-10H,11H2,1-2H3,(H,22,23)/b8-4+. The van der Waals surface area contributed by atoms with E-state index in [-0.39, 0.29) is 10.7 Å². The van der Waals surface area contributed by atoms with Gasteiger partial charge in [-0.2, -0.15) is 0 Å². The van der Waals surface area contributed by atoms with Gasteiger partial charge in [-0.25, -0.2) is 9.18 Å². The SMILES string of the molecule is COc1ccc(/C=C/C(=O)OCC(=O)Nc2ccc(Cl)cc2F)c(OC)c1. The van der Waals surface area contributed by atoms with Crippen LogP contribution in [0, 0.1) is 5.82 Å². The first kappa shape index (κ1) is 20.3. The van der Waals surface area contributed by atoms with Crippen LogP contribution in [0.15, 0.2) is 42.5 Å². The smallest absolute Gasteiger partial charge is 0.331 e. The van der Waals surface area contributed by atoms with Crippen LogP contribution in [0.5, 0.6) is 11.5 Å². The third kappa shape index (κ3) is 6.00. The van der Waals surface area contributed by atoms with Gasteiger partial charge in [0.25, 0.3) is 5.91 Å². The van der Waals surface area contributed by atoms with Gasteiger partial charge in [0.05, 0.1) is 19.9 Å². The maximum atomic E-state index is 13.6. The zero-order chi connectivity index (χ0) is 19.8. The summed E-state index contributed by atoms with van der Waals surface area (Å²) in [4.78, 5) is 23.5. The highest BCUT2D eigenvalue weighted by molar-refractivity contribution is 6.30. The molecule has 0 saturated heterocycles. The highest BCUT2D eigenvalue weighted by Gasteiger charge is 2.10. The second-order valence-corrected chi connectivity index (χ2v) is 5.66. The lowest BCUT2D eigenvalue weighted by Gasteiger charge is -2.08. The Morgan fingerprint density at radius 2 is 1.93 bits per heavy atom. The molecular weight excluding hydrogens is 377 g/mol. The van der Waals surface area contributed by atoms with Crippen LogP contribution in [0.3, 0.4) is 0 Å². The van der Waals surface area contributed by atoms with E-state index in [4.69, 9.17) is 25.8 Å². The largest absolute Gasteiger partial charge is 0.497 e. The van der Waals surface area contributed by atoms with Gasteiger partial charge in [0.1, 0.15) is 17.3 Å². The fourth-order valence-corrected chi connectivity index (χ4v) is 2.23. The van der Waals surface area contributed by atoms with Crippen molar-refractivity contribution in [2.75, 3.05) is 26.1 Å². The van der Waals surface area contributed by atoms with Crippen molar-refractivity contribution < 1.29 is 28.2 Å². The molecule has 0 aliphatic rings. The number of hydrogen-bond acceptors (Lipinski definition) is 5. The maximum Gasteiger partial charge on any atom is 0.331 e. The van der Waals surface area contributed by atoms with Crippen molar-refractivity contribution in [3.8, 4) is 11.5 Å². The van der Waals surface area contributed by atoms with Gasteiger partial charge < -0.3 is 19.5 Å². The van der Waals surface area contributed by atoms with Gasteiger partial charge in [-0.1, -0.05) is 11.6 Å². The average molecular weight is 394 g/mol. The second kappa shape index (κ2) is 9.59. The Labute approximate surface area is 160 Å². The van der Waals surface area contributed by atoms with E-state index < -0.39 is 24.3 Å². The summed E-state index contributed by atoms with van der Waals surface area (Å²) in [6.07, 6.45) is 2.64. The molecular formula is C19H17ClFNO5. The predicted octanol–water partition coefficient (Wildman–Crippen LogP) is 3.69. The first-order valence-corrected chi connectivity index (χ1v) is 8.12. The summed E-state index contributed by atoms with van der Waals surface area (Å²) in [5, 5.41) is 2.49. The molecule has 0 aliphatic heterocycles. The van der Waals surface area contributed by atoms with E-state index >= 15 is 0 Å². The van der Waals surface area contributed by atoms with E-state index in [2.05, 4.69) is 5.32 Å². The zero-order valence-corrected chi connectivity index (χ0v) is 15.4. The Kier molecular flexibility index (Phi) is 7.19. The molecule has 8 heteroatoms. The van der Waals surface area contributed by atoms with Crippen molar-refractivity contribution in [1.82, 2.24) is 0 Å². The van der Waals surface area contributed by atoms with E-state index in [0.717, 1.165) is 12.1 Å². The van der Waals surface area contributed by atoms with Crippen molar-refractivity contribution in [2.45, 2.75) is 0 Å². The lowest BCUT2D eigenvalue weighted by molar-refractivity contribution is -0.142. The van der Waals surface area contributed by atoms with Crippen LogP contribution in [0.2, 0.25) is 5.02 Å². The molecule has 0 aromatic heterocycles. The Morgan fingerprint density at radius 1 is 1.15 bits per heavy atom. The monoisotopic (exact) mass is 393 g/mol. The molecule has 0 atom stereocenters. The number of nitrogens with one attached hydrogen (secondary N) is 1.